The predicted octanol–water partition coefficient (Wildman–Crippen LogP) is 2.16. The van der Waals surface area contributed by atoms with E-state index in [0.717, 1.165) is 12.8 Å². The van der Waals surface area contributed by atoms with Crippen molar-refractivity contribution in [1.29, 1.82) is 0 Å². The second kappa shape index (κ2) is 5.33. The minimum atomic E-state index is -3.76. The van der Waals surface area contributed by atoms with E-state index in [1.165, 1.54) is 22.9 Å². The molecule has 0 spiro atoms. The van der Waals surface area contributed by atoms with Gasteiger partial charge in [0.25, 0.3) is 10.0 Å². The molecule has 0 radical (unpaired) electrons. The molecule has 7 heteroatoms. The van der Waals surface area contributed by atoms with Crippen LogP contribution in [0.5, 0.6) is 0 Å². The maximum absolute atomic E-state index is 11.1. The van der Waals surface area contributed by atoms with Crippen molar-refractivity contribution in [3.8, 4) is 0 Å². The molecule has 20 heavy (non-hydrogen) atoms. The molecule has 5 nitrogen and oxygen atoms in total. The SMILES string of the molecule is NS(=O)(=O)c1ccc(CNC2CCCc3sccc32)o1. The first kappa shape index (κ1) is 13.8. The molecule has 1 aliphatic rings. The Labute approximate surface area is 121 Å². The molecule has 108 valence electrons. The van der Waals surface area contributed by atoms with Gasteiger partial charge in [0.05, 0.1) is 6.54 Å². The number of hydrogen-bond acceptors (Lipinski definition) is 5. The highest BCUT2D eigenvalue weighted by molar-refractivity contribution is 7.89. The third kappa shape index (κ3) is 2.80. The fourth-order valence-corrected chi connectivity index (χ4v) is 4.00. The Balaban J connectivity index is 1.68. The molecular weight excluding hydrogens is 296 g/mol. The number of nitrogens with one attached hydrogen (secondary N) is 1. The molecule has 2 heterocycles. The average Bonchev–Trinajstić information content (AvgIpc) is 3.04. The summed E-state index contributed by atoms with van der Waals surface area (Å²) in [6.07, 6.45) is 3.42. The van der Waals surface area contributed by atoms with E-state index < -0.39 is 10.0 Å². The summed E-state index contributed by atoms with van der Waals surface area (Å²) in [5, 5.41) is 10.4. The summed E-state index contributed by atoms with van der Waals surface area (Å²) < 4.78 is 27.5. The van der Waals surface area contributed by atoms with Crippen LogP contribution >= 0.6 is 11.3 Å². The van der Waals surface area contributed by atoms with Gasteiger partial charge >= 0.3 is 0 Å². The summed E-state index contributed by atoms with van der Waals surface area (Å²) in [5.41, 5.74) is 1.36. The Morgan fingerprint density at radius 1 is 1.40 bits per heavy atom. The molecule has 3 N–H and O–H groups in total. The number of aryl methyl sites for hydroxylation is 1. The van der Waals surface area contributed by atoms with Crippen molar-refractivity contribution in [2.45, 2.75) is 36.9 Å². The summed E-state index contributed by atoms with van der Waals surface area (Å²) in [4.78, 5) is 1.44. The second-order valence-corrected chi connectivity index (χ2v) is 7.38. The first-order chi connectivity index (χ1) is 9.54. The fourth-order valence-electron chi connectivity index (χ4n) is 2.53. The molecule has 0 fully saturated rings. The second-order valence-electron chi connectivity index (χ2n) is 4.89. The smallest absolute Gasteiger partial charge is 0.271 e. The van der Waals surface area contributed by atoms with E-state index in [1.54, 1.807) is 17.4 Å². The molecule has 1 atom stereocenters. The van der Waals surface area contributed by atoms with Gasteiger partial charge in [-0.25, -0.2) is 13.6 Å². The van der Waals surface area contributed by atoms with Crippen molar-refractivity contribution in [1.82, 2.24) is 5.32 Å². The first-order valence-corrected chi connectivity index (χ1v) is 8.88. The van der Waals surface area contributed by atoms with E-state index in [-0.39, 0.29) is 5.09 Å². The predicted molar refractivity (Wildman–Crippen MR) is 76.9 cm³/mol. The van der Waals surface area contributed by atoms with Crippen LogP contribution in [0.25, 0.3) is 0 Å². The van der Waals surface area contributed by atoms with E-state index >= 15 is 0 Å². The monoisotopic (exact) mass is 312 g/mol. The Kier molecular flexibility index (Phi) is 3.68. The maximum Gasteiger partial charge on any atom is 0.271 e. The summed E-state index contributed by atoms with van der Waals surface area (Å²) in [6, 6.07) is 5.51. The maximum atomic E-state index is 11.1. The van der Waals surface area contributed by atoms with Crippen LogP contribution in [0.2, 0.25) is 0 Å². The number of hydrogen-bond donors (Lipinski definition) is 2. The van der Waals surface area contributed by atoms with Gasteiger partial charge in [0.1, 0.15) is 5.76 Å². The molecule has 0 saturated heterocycles. The van der Waals surface area contributed by atoms with Gasteiger partial charge < -0.3 is 9.73 Å². The topological polar surface area (TPSA) is 85.3 Å². The normalized spacial score (nSPS) is 18.9. The zero-order valence-electron chi connectivity index (χ0n) is 10.8. The molecule has 2 aromatic heterocycles. The van der Waals surface area contributed by atoms with Crippen LogP contribution in [0.4, 0.5) is 0 Å². The molecule has 0 aliphatic heterocycles. The number of nitrogens with two attached hydrogens (primary N) is 1. The van der Waals surface area contributed by atoms with E-state index in [0.29, 0.717) is 18.3 Å². The molecular formula is C13H16N2O3S2. The zero-order chi connectivity index (χ0) is 14.2. The van der Waals surface area contributed by atoms with E-state index in [2.05, 4.69) is 16.8 Å². The highest BCUT2D eigenvalue weighted by Gasteiger charge is 2.21. The van der Waals surface area contributed by atoms with Crippen molar-refractivity contribution >= 4 is 21.4 Å². The molecule has 0 amide bonds. The summed E-state index contributed by atoms with van der Waals surface area (Å²) in [7, 11) is -3.76. The van der Waals surface area contributed by atoms with Crippen LogP contribution in [0.3, 0.4) is 0 Å². The van der Waals surface area contributed by atoms with Crippen LogP contribution in [-0.4, -0.2) is 8.42 Å². The first-order valence-electron chi connectivity index (χ1n) is 6.45. The van der Waals surface area contributed by atoms with Gasteiger partial charge in [0.15, 0.2) is 0 Å². The van der Waals surface area contributed by atoms with Crippen LogP contribution in [0, 0.1) is 0 Å². The number of fused-ring (bicyclic) bond motifs is 1. The van der Waals surface area contributed by atoms with Gasteiger partial charge in [-0.3, -0.25) is 0 Å². The standard InChI is InChI=1S/C13H16N2O3S2/c14-20(16,17)13-5-4-9(18-13)8-15-11-2-1-3-12-10(11)6-7-19-12/h4-7,11,15H,1-3,8H2,(H2,14,16,17). The Bertz CT molecular complexity index is 703. The minimum absolute atomic E-state index is 0.186. The Hall–Kier alpha value is -1.15. The van der Waals surface area contributed by atoms with E-state index in [4.69, 9.17) is 9.56 Å². The molecule has 1 unspecified atom stereocenters. The Morgan fingerprint density at radius 3 is 3.00 bits per heavy atom. The number of sulfonamides is 1. The van der Waals surface area contributed by atoms with Gasteiger partial charge in [-0.1, -0.05) is 0 Å². The quantitative estimate of drug-likeness (QED) is 0.906. The highest BCUT2D eigenvalue weighted by Crippen LogP contribution is 2.33. The molecule has 0 aromatic carbocycles. The molecule has 3 rings (SSSR count). The number of furan rings is 1. The van der Waals surface area contributed by atoms with Crippen molar-refractivity contribution in [2.24, 2.45) is 5.14 Å². The summed E-state index contributed by atoms with van der Waals surface area (Å²) >= 11 is 1.80. The van der Waals surface area contributed by atoms with Gasteiger partial charge in [0, 0.05) is 10.9 Å². The number of primary sulfonamides is 1. The van der Waals surface area contributed by atoms with Crippen LogP contribution in [0.1, 0.15) is 35.1 Å². The minimum Gasteiger partial charge on any atom is -0.447 e. The lowest BCUT2D eigenvalue weighted by Gasteiger charge is -2.23. The lowest BCUT2D eigenvalue weighted by Crippen LogP contribution is -2.23. The average molecular weight is 312 g/mol. The van der Waals surface area contributed by atoms with Crippen molar-refractivity contribution in [3.63, 3.8) is 0 Å². The highest BCUT2D eigenvalue weighted by atomic mass is 32.2. The third-order valence-electron chi connectivity index (χ3n) is 3.49. The molecule has 0 saturated carbocycles. The van der Waals surface area contributed by atoms with Crippen molar-refractivity contribution in [3.05, 3.63) is 39.8 Å². The number of thiophene rings is 1. The number of rotatable bonds is 4. The van der Waals surface area contributed by atoms with Gasteiger partial charge in [0.2, 0.25) is 5.09 Å². The van der Waals surface area contributed by atoms with Gasteiger partial charge in [-0.2, -0.15) is 0 Å². The lowest BCUT2D eigenvalue weighted by molar-refractivity contribution is 0.379. The largest absolute Gasteiger partial charge is 0.447 e. The zero-order valence-corrected chi connectivity index (χ0v) is 12.5. The van der Waals surface area contributed by atoms with Gasteiger partial charge in [-0.05, 0) is 48.4 Å². The van der Waals surface area contributed by atoms with Crippen LogP contribution < -0.4 is 10.5 Å². The van der Waals surface area contributed by atoms with Gasteiger partial charge in [-0.15, -0.1) is 11.3 Å². The molecule has 1 aliphatic carbocycles. The van der Waals surface area contributed by atoms with Crippen LogP contribution in [-0.2, 0) is 23.0 Å². The third-order valence-corrected chi connectivity index (χ3v) is 5.27. The Morgan fingerprint density at radius 2 is 2.25 bits per heavy atom. The lowest BCUT2D eigenvalue weighted by atomic mass is 9.94. The summed E-state index contributed by atoms with van der Waals surface area (Å²) in [6.45, 7) is 0.496. The van der Waals surface area contributed by atoms with Crippen LogP contribution in [0.15, 0.2) is 33.1 Å². The van der Waals surface area contributed by atoms with E-state index in [9.17, 15) is 8.42 Å². The molecule has 2 aromatic rings. The van der Waals surface area contributed by atoms with E-state index in [1.807, 2.05) is 0 Å². The van der Waals surface area contributed by atoms with Crippen molar-refractivity contribution in [2.75, 3.05) is 0 Å². The fraction of sp³-hybridized carbons (Fsp3) is 0.385. The van der Waals surface area contributed by atoms with Crippen molar-refractivity contribution < 1.29 is 12.8 Å². The summed E-state index contributed by atoms with van der Waals surface area (Å²) in [5.74, 6) is 0.580. The molecule has 0 bridgehead atoms.